The third kappa shape index (κ3) is 3.39. The van der Waals surface area contributed by atoms with Crippen LogP contribution in [-0.2, 0) is 6.54 Å². The number of hydrogen-bond donors (Lipinski definition) is 1. The maximum absolute atomic E-state index is 14.6. The number of pyridine rings is 1. The Morgan fingerprint density at radius 3 is 3.00 bits per heavy atom. The third-order valence-corrected chi connectivity index (χ3v) is 5.50. The van der Waals surface area contributed by atoms with Crippen molar-refractivity contribution in [2.24, 2.45) is 0 Å². The van der Waals surface area contributed by atoms with Gasteiger partial charge in [0.2, 0.25) is 0 Å². The Bertz CT molecular complexity index is 847. The number of fused-ring (bicyclic) bond motifs is 1. The minimum absolute atomic E-state index is 0.00732. The summed E-state index contributed by atoms with van der Waals surface area (Å²) in [5, 5.41) is 3.75. The highest BCUT2D eigenvalue weighted by molar-refractivity contribution is 6.29. The van der Waals surface area contributed by atoms with E-state index in [1.54, 1.807) is 23.2 Å². The zero-order chi connectivity index (χ0) is 19.0. The van der Waals surface area contributed by atoms with Crippen LogP contribution in [0.2, 0.25) is 5.15 Å². The molecular formula is C20H22ClFN4O. The van der Waals surface area contributed by atoms with Gasteiger partial charge in [-0.1, -0.05) is 30.2 Å². The summed E-state index contributed by atoms with van der Waals surface area (Å²) in [6, 6.07) is 6.39. The number of aromatic nitrogens is 1. The number of para-hydroxylation sites is 1. The van der Waals surface area contributed by atoms with Crippen molar-refractivity contribution in [1.29, 1.82) is 0 Å². The van der Waals surface area contributed by atoms with Gasteiger partial charge in [-0.3, -0.25) is 9.80 Å². The molecule has 2 amide bonds. The number of anilines is 2. The molecule has 1 atom stereocenters. The van der Waals surface area contributed by atoms with Gasteiger partial charge in [-0.25, -0.2) is 14.2 Å². The number of nitrogens with zero attached hydrogens (tertiary/aromatic N) is 3. The van der Waals surface area contributed by atoms with Crippen LogP contribution in [0.4, 0.5) is 20.6 Å². The lowest BCUT2D eigenvalue weighted by molar-refractivity contribution is 0.247. The van der Waals surface area contributed by atoms with Gasteiger partial charge in [-0.15, -0.1) is 0 Å². The van der Waals surface area contributed by atoms with Gasteiger partial charge in [0.1, 0.15) is 11.0 Å². The van der Waals surface area contributed by atoms with Crippen LogP contribution in [0.3, 0.4) is 0 Å². The summed E-state index contributed by atoms with van der Waals surface area (Å²) in [6.45, 7) is 3.74. The van der Waals surface area contributed by atoms with Crippen molar-refractivity contribution in [3.05, 3.63) is 52.6 Å². The third-order valence-electron chi connectivity index (χ3n) is 5.30. The van der Waals surface area contributed by atoms with Gasteiger partial charge in [-0.05, 0) is 44.0 Å². The summed E-state index contributed by atoms with van der Waals surface area (Å²) in [4.78, 5) is 21.0. The quantitative estimate of drug-likeness (QED) is 0.781. The second-order valence-electron chi connectivity index (χ2n) is 7.13. The highest BCUT2D eigenvalue weighted by atomic mass is 35.5. The topological polar surface area (TPSA) is 48.5 Å². The molecule has 0 radical (unpaired) electrons. The molecule has 2 aliphatic rings. The van der Waals surface area contributed by atoms with Crippen molar-refractivity contribution in [2.75, 3.05) is 22.9 Å². The van der Waals surface area contributed by atoms with Gasteiger partial charge in [0.05, 0.1) is 24.0 Å². The molecule has 1 N–H and O–H groups in total. The molecular weight excluding hydrogens is 367 g/mol. The maximum Gasteiger partial charge on any atom is 0.329 e. The SMILES string of the molecule is Cc1cccc(F)c1N1Cc2cnc(Cl)cc2N([C@@H]2CCCCNC2)C1=O. The molecule has 0 saturated carbocycles. The number of benzene rings is 1. The largest absolute Gasteiger partial charge is 0.329 e. The molecule has 1 aromatic heterocycles. The van der Waals surface area contributed by atoms with E-state index in [1.165, 1.54) is 11.0 Å². The Morgan fingerprint density at radius 1 is 1.33 bits per heavy atom. The van der Waals surface area contributed by atoms with E-state index in [4.69, 9.17) is 11.6 Å². The average molecular weight is 389 g/mol. The fourth-order valence-corrected chi connectivity index (χ4v) is 4.13. The number of halogens is 2. The van der Waals surface area contributed by atoms with Gasteiger partial charge < -0.3 is 5.32 Å². The van der Waals surface area contributed by atoms with Crippen LogP contribution >= 0.6 is 11.6 Å². The summed E-state index contributed by atoms with van der Waals surface area (Å²) in [5.41, 5.74) is 2.70. The van der Waals surface area contributed by atoms with Gasteiger partial charge in [0.15, 0.2) is 0 Å². The lowest BCUT2D eigenvalue weighted by Crippen LogP contribution is -2.54. The van der Waals surface area contributed by atoms with Crippen LogP contribution < -0.4 is 15.1 Å². The summed E-state index contributed by atoms with van der Waals surface area (Å²) in [7, 11) is 0. The van der Waals surface area contributed by atoms with Crippen molar-refractivity contribution >= 4 is 29.0 Å². The molecule has 4 rings (SSSR count). The smallest absolute Gasteiger partial charge is 0.315 e. The average Bonchev–Trinajstić information content (AvgIpc) is 2.91. The number of nitrogens with one attached hydrogen (secondary N) is 1. The molecule has 2 aliphatic heterocycles. The first-order chi connectivity index (χ1) is 13.1. The first-order valence-electron chi connectivity index (χ1n) is 9.27. The van der Waals surface area contributed by atoms with Crippen molar-refractivity contribution in [3.63, 3.8) is 0 Å². The molecule has 5 nitrogen and oxygen atoms in total. The number of carbonyl (C=O) groups excluding carboxylic acids is 1. The highest BCUT2D eigenvalue weighted by Crippen LogP contribution is 2.37. The molecule has 0 spiro atoms. The lowest BCUT2D eigenvalue weighted by Gasteiger charge is -2.41. The van der Waals surface area contributed by atoms with Crippen LogP contribution in [0, 0.1) is 12.7 Å². The molecule has 0 bridgehead atoms. The van der Waals surface area contributed by atoms with E-state index in [2.05, 4.69) is 10.3 Å². The van der Waals surface area contributed by atoms with Crippen LogP contribution in [0.1, 0.15) is 30.4 Å². The number of hydrogen-bond acceptors (Lipinski definition) is 3. The molecule has 27 heavy (non-hydrogen) atoms. The first-order valence-corrected chi connectivity index (χ1v) is 9.65. The molecule has 1 aromatic carbocycles. The highest BCUT2D eigenvalue weighted by Gasteiger charge is 2.37. The van der Waals surface area contributed by atoms with E-state index < -0.39 is 5.82 Å². The summed E-state index contributed by atoms with van der Waals surface area (Å²) in [6.07, 6.45) is 4.69. The van der Waals surface area contributed by atoms with Crippen LogP contribution in [0.25, 0.3) is 0 Å². The lowest BCUT2D eigenvalue weighted by atomic mass is 10.0. The van der Waals surface area contributed by atoms with E-state index in [1.807, 2.05) is 13.0 Å². The molecule has 1 fully saturated rings. The van der Waals surface area contributed by atoms with E-state index in [0.29, 0.717) is 17.4 Å². The summed E-state index contributed by atoms with van der Waals surface area (Å²) in [5.74, 6) is -0.396. The minimum atomic E-state index is -0.396. The molecule has 0 aliphatic carbocycles. The van der Waals surface area contributed by atoms with E-state index in [9.17, 15) is 9.18 Å². The number of rotatable bonds is 2. The van der Waals surface area contributed by atoms with Crippen LogP contribution in [-0.4, -0.2) is 30.1 Å². The molecule has 1 saturated heterocycles. The number of aryl methyl sites for hydroxylation is 1. The van der Waals surface area contributed by atoms with Crippen LogP contribution in [0.15, 0.2) is 30.5 Å². The van der Waals surface area contributed by atoms with Crippen molar-refractivity contribution in [3.8, 4) is 0 Å². The second kappa shape index (κ2) is 7.44. The number of urea groups is 1. The van der Waals surface area contributed by atoms with Crippen molar-refractivity contribution < 1.29 is 9.18 Å². The molecule has 7 heteroatoms. The Morgan fingerprint density at radius 2 is 2.19 bits per heavy atom. The fraction of sp³-hybridized carbons (Fsp3) is 0.400. The Kier molecular flexibility index (Phi) is 5.02. The predicted molar refractivity (Wildman–Crippen MR) is 105 cm³/mol. The Balaban J connectivity index is 1.81. The zero-order valence-electron chi connectivity index (χ0n) is 15.2. The van der Waals surface area contributed by atoms with Crippen molar-refractivity contribution in [1.82, 2.24) is 10.3 Å². The summed E-state index contributed by atoms with van der Waals surface area (Å²) >= 11 is 6.13. The first kappa shape index (κ1) is 18.2. The normalized spacial score (nSPS) is 20.4. The number of amides is 2. The second-order valence-corrected chi connectivity index (χ2v) is 7.52. The van der Waals surface area contributed by atoms with E-state index in [-0.39, 0.29) is 18.6 Å². The van der Waals surface area contributed by atoms with Crippen molar-refractivity contribution in [2.45, 2.75) is 38.8 Å². The molecule has 3 heterocycles. The Labute approximate surface area is 163 Å². The van der Waals surface area contributed by atoms with E-state index in [0.717, 1.165) is 42.6 Å². The maximum atomic E-state index is 14.6. The van der Waals surface area contributed by atoms with Gasteiger partial charge >= 0.3 is 6.03 Å². The minimum Gasteiger partial charge on any atom is -0.315 e. The van der Waals surface area contributed by atoms with Gasteiger partial charge in [-0.2, -0.15) is 0 Å². The zero-order valence-corrected chi connectivity index (χ0v) is 16.0. The standard InChI is InChI=1S/C20H22ClFN4O/c1-13-5-4-7-16(22)19(13)25-12-14-10-24-18(21)9-17(14)26(20(25)27)15-6-2-3-8-23-11-15/h4-5,7,9-10,15,23H,2-3,6,8,11-12H2,1H3/t15-/m1/s1. The Hall–Kier alpha value is -2.18. The summed E-state index contributed by atoms with van der Waals surface area (Å²) < 4.78 is 14.6. The van der Waals surface area contributed by atoms with E-state index >= 15 is 0 Å². The van der Waals surface area contributed by atoms with Gasteiger partial charge in [0, 0.05) is 18.3 Å². The predicted octanol–water partition coefficient (Wildman–Crippen LogP) is 4.27. The molecule has 2 aromatic rings. The monoisotopic (exact) mass is 388 g/mol. The number of carbonyl (C=O) groups is 1. The van der Waals surface area contributed by atoms with Crippen LogP contribution in [0.5, 0.6) is 0 Å². The fourth-order valence-electron chi connectivity index (χ4n) is 3.98. The molecule has 0 unspecified atom stereocenters. The molecule has 142 valence electrons. The van der Waals surface area contributed by atoms with Gasteiger partial charge in [0.25, 0.3) is 0 Å².